The molecule has 6 heteroatoms. The van der Waals surface area contributed by atoms with Crippen LogP contribution in [0, 0.1) is 0 Å². The highest BCUT2D eigenvalue weighted by Crippen LogP contribution is 2.26. The smallest absolute Gasteiger partial charge is 0.252 e. The summed E-state index contributed by atoms with van der Waals surface area (Å²) < 4.78 is 5.71. The van der Waals surface area contributed by atoms with E-state index in [4.69, 9.17) is 4.74 Å². The molecule has 0 bridgehead atoms. The zero-order chi connectivity index (χ0) is 20.6. The molecule has 30 heavy (non-hydrogen) atoms. The second-order valence-corrected chi connectivity index (χ2v) is 8.92. The predicted octanol–water partition coefficient (Wildman–Crippen LogP) is 3.51. The lowest BCUT2D eigenvalue weighted by Crippen LogP contribution is -2.48. The summed E-state index contributed by atoms with van der Waals surface area (Å²) in [7, 11) is 0. The quantitative estimate of drug-likeness (QED) is 0.656. The van der Waals surface area contributed by atoms with Crippen LogP contribution in [0.2, 0.25) is 0 Å². The first-order chi connectivity index (χ1) is 14.8. The van der Waals surface area contributed by atoms with Crippen LogP contribution < -0.4 is 10.2 Å². The highest BCUT2D eigenvalue weighted by Gasteiger charge is 2.19. The first kappa shape index (κ1) is 21.2. The van der Waals surface area contributed by atoms with E-state index in [2.05, 4.69) is 45.4 Å². The Bertz CT molecular complexity index is 803. The molecule has 2 heterocycles. The Morgan fingerprint density at radius 2 is 1.80 bits per heavy atom. The van der Waals surface area contributed by atoms with Crippen LogP contribution in [0.15, 0.2) is 59.5 Å². The molecule has 1 atom stereocenters. The summed E-state index contributed by atoms with van der Waals surface area (Å²) in [5.74, 6) is 0.934. The van der Waals surface area contributed by atoms with Crippen molar-refractivity contribution in [2.75, 3.05) is 56.5 Å². The van der Waals surface area contributed by atoms with Gasteiger partial charge in [-0.1, -0.05) is 30.3 Å². The molecule has 0 radical (unpaired) electrons. The summed E-state index contributed by atoms with van der Waals surface area (Å²) in [4.78, 5) is 18.7. The molecule has 2 saturated heterocycles. The molecule has 0 aliphatic carbocycles. The highest BCUT2D eigenvalue weighted by molar-refractivity contribution is 7.99. The summed E-state index contributed by atoms with van der Waals surface area (Å²) >= 11 is 1.73. The number of para-hydroxylation sites is 1. The van der Waals surface area contributed by atoms with Gasteiger partial charge in [0.15, 0.2) is 0 Å². The minimum atomic E-state index is 0.0216. The number of hydrogen-bond acceptors (Lipinski definition) is 5. The molecular weight excluding hydrogens is 394 g/mol. The van der Waals surface area contributed by atoms with Gasteiger partial charge in [0.05, 0.1) is 11.7 Å². The molecule has 0 aromatic heterocycles. The van der Waals surface area contributed by atoms with Gasteiger partial charge in [-0.25, -0.2) is 0 Å². The second-order valence-electron chi connectivity index (χ2n) is 7.86. The summed E-state index contributed by atoms with van der Waals surface area (Å²) in [6.07, 6.45) is 2.59. The molecule has 4 rings (SSSR count). The number of ether oxygens (including phenoxy) is 1. The molecule has 2 fully saturated rings. The van der Waals surface area contributed by atoms with Gasteiger partial charge in [-0.05, 0) is 37.1 Å². The summed E-state index contributed by atoms with van der Waals surface area (Å²) in [5, 5.41) is 3.12. The third kappa shape index (κ3) is 5.78. The Morgan fingerprint density at radius 1 is 1.03 bits per heavy atom. The Labute approximate surface area is 183 Å². The van der Waals surface area contributed by atoms with E-state index >= 15 is 0 Å². The van der Waals surface area contributed by atoms with E-state index in [1.165, 1.54) is 5.69 Å². The predicted molar refractivity (Wildman–Crippen MR) is 124 cm³/mol. The van der Waals surface area contributed by atoms with Crippen molar-refractivity contribution in [2.24, 2.45) is 0 Å². The van der Waals surface area contributed by atoms with Gasteiger partial charge in [0, 0.05) is 62.2 Å². The van der Waals surface area contributed by atoms with E-state index in [1.54, 1.807) is 11.8 Å². The summed E-state index contributed by atoms with van der Waals surface area (Å²) in [6.45, 7) is 6.54. The largest absolute Gasteiger partial charge is 0.377 e. The SMILES string of the molecule is O=C(NCCN1CCN(c2ccccc2)CC1)c1ccccc1SCC1CCCO1. The lowest BCUT2D eigenvalue weighted by Gasteiger charge is -2.36. The maximum Gasteiger partial charge on any atom is 0.252 e. The molecule has 0 spiro atoms. The van der Waals surface area contributed by atoms with E-state index in [0.29, 0.717) is 12.6 Å². The van der Waals surface area contributed by atoms with Gasteiger partial charge < -0.3 is 15.0 Å². The van der Waals surface area contributed by atoms with Crippen LogP contribution in [0.25, 0.3) is 0 Å². The number of piperazine rings is 1. The second kappa shape index (κ2) is 10.8. The fraction of sp³-hybridized carbons (Fsp3) is 0.458. The maximum atomic E-state index is 12.8. The van der Waals surface area contributed by atoms with Crippen LogP contribution in [0.4, 0.5) is 5.69 Å². The minimum Gasteiger partial charge on any atom is -0.377 e. The third-order valence-corrected chi connectivity index (χ3v) is 6.99. The number of nitrogens with zero attached hydrogens (tertiary/aromatic N) is 2. The Morgan fingerprint density at radius 3 is 2.57 bits per heavy atom. The average Bonchev–Trinajstić information content (AvgIpc) is 3.33. The molecule has 160 valence electrons. The Kier molecular flexibility index (Phi) is 7.67. The van der Waals surface area contributed by atoms with Crippen LogP contribution in [-0.2, 0) is 4.74 Å². The van der Waals surface area contributed by atoms with E-state index in [9.17, 15) is 4.79 Å². The number of nitrogens with one attached hydrogen (secondary N) is 1. The van der Waals surface area contributed by atoms with E-state index in [1.807, 2.05) is 24.3 Å². The molecule has 2 aromatic carbocycles. The highest BCUT2D eigenvalue weighted by atomic mass is 32.2. The van der Waals surface area contributed by atoms with Gasteiger partial charge in [-0.2, -0.15) is 0 Å². The molecule has 2 aromatic rings. The number of carbonyl (C=O) groups is 1. The van der Waals surface area contributed by atoms with E-state index in [0.717, 1.165) is 68.4 Å². The zero-order valence-electron chi connectivity index (χ0n) is 17.5. The molecule has 5 nitrogen and oxygen atoms in total. The van der Waals surface area contributed by atoms with Gasteiger partial charge in [-0.3, -0.25) is 9.69 Å². The van der Waals surface area contributed by atoms with Crippen LogP contribution in [0.5, 0.6) is 0 Å². The molecule has 2 aliphatic rings. The Balaban J connectivity index is 1.21. The fourth-order valence-electron chi connectivity index (χ4n) is 4.03. The average molecular weight is 426 g/mol. The number of anilines is 1. The monoisotopic (exact) mass is 425 g/mol. The van der Waals surface area contributed by atoms with Gasteiger partial charge >= 0.3 is 0 Å². The number of benzene rings is 2. The van der Waals surface area contributed by atoms with Crippen molar-refractivity contribution in [1.82, 2.24) is 10.2 Å². The molecule has 1 N–H and O–H groups in total. The first-order valence-corrected chi connectivity index (χ1v) is 11.9. The number of amides is 1. The number of rotatable bonds is 8. The Hall–Kier alpha value is -2.02. The van der Waals surface area contributed by atoms with Crippen molar-refractivity contribution < 1.29 is 9.53 Å². The number of carbonyl (C=O) groups excluding carboxylic acids is 1. The van der Waals surface area contributed by atoms with Gasteiger partial charge in [-0.15, -0.1) is 11.8 Å². The van der Waals surface area contributed by atoms with Crippen molar-refractivity contribution >= 4 is 23.4 Å². The van der Waals surface area contributed by atoms with Crippen LogP contribution >= 0.6 is 11.8 Å². The van der Waals surface area contributed by atoms with Crippen molar-refractivity contribution in [1.29, 1.82) is 0 Å². The van der Waals surface area contributed by atoms with Gasteiger partial charge in [0.1, 0.15) is 0 Å². The van der Waals surface area contributed by atoms with Crippen molar-refractivity contribution in [3.8, 4) is 0 Å². The van der Waals surface area contributed by atoms with Crippen LogP contribution in [0.1, 0.15) is 23.2 Å². The lowest BCUT2D eigenvalue weighted by molar-refractivity contribution is 0.0944. The van der Waals surface area contributed by atoms with E-state index < -0.39 is 0 Å². The lowest BCUT2D eigenvalue weighted by atomic mass is 10.2. The van der Waals surface area contributed by atoms with Crippen molar-refractivity contribution in [3.63, 3.8) is 0 Å². The van der Waals surface area contributed by atoms with Gasteiger partial charge in [0.25, 0.3) is 5.91 Å². The summed E-state index contributed by atoms with van der Waals surface area (Å²) in [5.41, 5.74) is 2.07. The van der Waals surface area contributed by atoms with E-state index in [-0.39, 0.29) is 5.91 Å². The molecular formula is C24H31N3O2S. The van der Waals surface area contributed by atoms with Crippen LogP contribution in [0.3, 0.4) is 0 Å². The normalized spacial score (nSPS) is 19.7. The number of thioether (sulfide) groups is 1. The van der Waals surface area contributed by atoms with Crippen molar-refractivity contribution in [3.05, 3.63) is 60.2 Å². The zero-order valence-corrected chi connectivity index (χ0v) is 18.3. The standard InChI is InChI=1S/C24H31N3O2S/c28-24(22-10-4-5-11-23(22)30-19-21-9-6-18-29-21)25-12-13-26-14-16-27(17-15-26)20-7-2-1-3-8-20/h1-5,7-8,10-11,21H,6,9,12-19H2,(H,25,28). The molecule has 2 aliphatic heterocycles. The van der Waals surface area contributed by atoms with Gasteiger partial charge in [0.2, 0.25) is 0 Å². The van der Waals surface area contributed by atoms with Crippen LogP contribution in [-0.4, -0.2) is 68.5 Å². The minimum absolute atomic E-state index is 0.0216. The maximum absolute atomic E-state index is 12.8. The summed E-state index contributed by atoms with van der Waals surface area (Å²) in [6, 6.07) is 18.5. The van der Waals surface area contributed by atoms with Crippen molar-refractivity contribution in [2.45, 2.75) is 23.8 Å². The molecule has 0 saturated carbocycles. The number of hydrogen-bond donors (Lipinski definition) is 1. The molecule has 1 unspecified atom stereocenters. The first-order valence-electron chi connectivity index (χ1n) is 10.9. The fourth-order valence-corrected chi connectivity index (χ4v) is 5.15. The topological polar surface area (TPSA) is 44.8 Å². The third-order valence-electron chi connectivity index (χ3n) is 5.79. The molecule has 1 amide bonds.